The maximum Gasteiger partial charge on any atom is 0.326 e. The van der Waals surface area contributed by atoms with E-state index in [2.05, 4.69) is 50.5 Å². The maximum atomic E-state index is 13.6. The number of nitrogens with zero attached hydrogens (tertiary/aromatic N) is 4. The summed E-state index contributed by atoms with van der Waals surface area (Å²) in [7, 11) is 0. The predicted molar refractivity (Wildman–Crippen MR) is 165 cm³/mol. The molecule has 4 heterocycles. The molecule has 1 N–H and O–H groups in total. The zero-order chi connectivity index (χ0) is 27.6. The molecule has 6 nitrogen and oxygen atoms in total. The first-order valence-corrected chi connectivity index (χ1v) is 14.7. The third-order valence-corrected chi connectivity index (χ3v) is 8.68. The van der Waals surface area contributed by atoms with Crippen molar-refractivity contribution >= 4 is 63.5 Å². The van der Waals surface area contributed by atoms with Crippen LogP contribution in [-0.2, 0) is 19.5 Å². The summed E-state index contributed by atoms with van der Waals surface area (Å²) in [6.07, 6.45) is 9.12. The van der Waals surface area contributed by atoms with Gasteiger partial charge in [-0.15, -0.1) is 0 Å². The number of fused-ring (bicyclic) bond motifs is 3. The van der Waals surface area contributed by atoms with Crippen LogP contribution in [-0.4, -0.2) is 46.7 Å². The monoisotopic (exact) mass is 593 g/mol. The number of pyridine rings is 1. The largest absolute Gasteiger partial charge is 0.372 e. The number of rotatable bonds is 6. The zero-order valence-corrected chi connectivity index (χ0v) is 24.3. The Balaban J connectivity index is 1.27. The standard InChI is InChI=1S/C31H30Cl3N5O/c32-26-7-5-21(16-27(26)33)4-3-12-37-15-10-29-25(20-37)24-18-23(38-13-1-2-14-38)6-8-28(24)39(29)31(40)36-19-22-9-11-35-30(34)17-22/h3-9,11,16-18H,1-2,10,12-15,19-20H2,(H,36,40). The van der Waals surface area contributed by atoms with Crippen LogP contribution in [0.5, 0.6) is 0 Å². The fourth-order valence-electron chi connectivity index (χ4n) is 5.73. The second-order valence-electron chi connectivity index (χ2n) is 10.4. The average Bonchev–Trinajstić information content (AvgIpc) is 3.60. The Morgan fingerprint density at radius 1 is 0.975 bits per heavy atom. The molecular formula is C31H30Cl3N5O. The van der Waals surface area contributed by atoms with Crippen molar-refractivity contribution in [3.8, 4) is 0 Å². The Morgan fingerprint density at radius 2 is 1.82 bits per heavy atom. The number of nitrogens with one attached hydrogen (secondary N) is 1. The quantitative estimate of drug-likeness (QED) is 0.236. The highest BCUT2D eigenvalue weighted by atomic mass is 35.5. The molecule has 0 aliphatic carbocycles. The van der Waals surface area contributed by atoms with Crippen LogP contribution in [0.2, 0.25) is 15.2 Å². The topological polar surface area (TPSA) is 53.4 Å². The molecule has 0 spiro atoms. The van der Waals surface area contributed by atoms with Gasteiger partial charge in [-0.3, -0.25) is 9.47 Å². The average molecular weight is 595 g/mol. The van der Waals surface area contributed by atoms with Crippen molar-refractivity contribution in [3.63, 3.8) is 0 Å². The third kappa shape index (κ3) is 5.72. The molecule has 2 aliphatic rings. The molecule has 0 unspecified atom stereocenters. The van der Waals surface area contributed by atoms with Gasteiger partial charge in [-0.1, -0.05) is 53.0 Å². The number of hydrogen-bond acceptors (Lipinski definition) is 4. The lowest BCUT2D eigenvalue weighted by atomic mass is 10.0. The molecule has 0 saturated carbocycles. The molecule has 9 heteroatoms. The van der Waals surface area contributed by atoms with Gasteiger partial charge in [0.15, 0.2) is 0 Å². The maximum absolute atomic E-state index is 13.6. The number of anilines is 1. The lowest BCUT2D eigenvalue weighted by Crippen LogP contribution is -2.34. The minimum Gasteiger partial charge on any atom is -0.372 e. The SMILES string of the molecule is O=C(NCc1ccnc(Cl)c1)n1c2c(c3cc(N4CCCC4)ccc31)CN(CC=Cc1ccc(Cl)c(Cl)c1)CC2. The second kappa shape index (κ2) is 11.8. The molecule has 206 valence electrons. The first-order valence-electron chi connectivity index (χ1n) is 13.6. The number of carbonyl (C=O) groups excluding carboxylic acids is 1. The third-order valence-electron chi connectivity index (χ3n) is 7.74. The highest BCUT2D eigenvalue weighted by molar-refractivity contribution is 6.42. The Hall–Kier alpha value is -3.03. The number of hydrogen-bond donors (Lipinski definition) is 1. The van der Waals surface area contributed by atoms with Crippen molar-refractivity contribution in [1.82, 2.24) is 19.8 Å². The van der Waals surface area contributed by atoms with Crippen molar-refractivity contribution in [2.45, 2.75) is 32.4 Å². The summed E-state index contributed by atoms with van der Waals surface area (Å²) in [6, 6.07) is 15.7. The minimum atomic E-state index is -0.124. The lowest BCUT2D eigenvalue weighted by Gasteiger charge is -2.27. The number of amides is 1. The minimum absolute atomic E-state index is 0.124. The van der Waals surface area contributed by atoms with Gasteiger partial charge < -0.3 is 10.2 Å². The molecular weight excluding hydrogens is 565 g/mol. The molecule has 0 atom stereocenters. The van der Waals surface area contributed by atoms with Gasteiger partial charge in [0, 0.05) is 68.7 Å². The number of carbonyl (C=O) groups is 1. The number of benzene rings is 2. The Morgan fingerprint density at radius 3 is 2.62 bits per heavy atom. The molecule has 2 aromatic carbocycles. The first-order chi connectivity index (χ1) is 19.5. The fourth-order valence-corrected chi connectivity index (χ4v) is 6.23. The van der Waals surface area contributed by atoms with E-state index in [9.17, 15) is 4.79 Å². The molecule has 2 aromatic heterocycles. The van der Waals surface area contributed by atoms with Crippen LogP contribution >= 0.6 is 34.8 Å². The molecule has 2 aliphatic heterocycles. The van der Waals surface area contributed by atoms with Crippen molar-refractivity contribution < 1.29 is 4.79 Å². The zero-order valence-electron chi connectivity index (χ0n) is 22.0. The van der Waals surface area contributed by atoms with E-state index < -0.39 is 0 Å². The number of aromatic nitrogens is 2. The summed E-state index contributed by atoms with van der Waals surface area (Å²) >= 11 is 18.3. The van der Waals surface area contributed by atoms with Gasteiger partial charge in [-0.25, -0.2) is 9.78 Å². The smallest absolute Gasteiger partial charge is 0.326 e. The normalized spacial score (nSPS) is 15.7. The van der Waals surface area contributed by atoms with E-state index in [4.69, 9.17) is 34.8 Å². The molecule has 6 rings (SSSR count). The van der Waals surface area contributed by atoms with E-state index in [1.165, 1.54) is 24.1 Å². The molecule has 0 bridgehead atoms. The summed E-state index contributed by atoms with van der Waals surface area (Å²) in [5.74, 6) is 0. The van der Waals surface area contributed by atoms with Crippen LogP contribution in [0.25, 0.3) is 17.0 Å². The van der Waals surface area contributed by atoms with E-state index in [-0.39, 0.29) is 6.03 Å². The number of halogens is 3. The van der Waals surface area contributed by atoms with Gasteiger partial charge in [-0.2, -0.15) is 0 Å². The van der Waals surface area contributed by atoms with Crippen LogP contribution in [0.4, 0.5) is 10.5 Å². The second-order valence-corrected chi connectivity index (χ2v) is 11.6. The Labute approximate surface area is 249 Å². The highest BCUT2D eigenvalue weighted by Crippen LogP contribution is 2.34. The fraction of sp³-hybridized carbons (Fsp3) is 0.290. The van der Waals surface area contributed by atoms with Crippen LogP contribution in [0.1, 0.15) is 35.2 Å². The van der Waals surface area contributed by atoms with Crippen LogP contribution in [0, 0.1) is 0 Å². The summed E-state index contributed by atoms with van der Waals surface area (Å²) in [5, 5.41) is 5.77. The first kappa shape index (κ1) is 27.2. The van der Waals surface area contributed by atoms with E-state index in [1.54, 1.807) is 12.3 Å². The van der Waals surface area contributed by atoms with Gasteiger partial charge >= 0.3 is 6.03 Å². The van der Waals surface area contributed by atoms with Gasteiger partial charge in [-0.05, 0) is 72.0 Å². The highest BCUT2D eigenvalue weighted by Gasteiger charge is 2.27. The van der Waals surface area contributed by atoms with Crippen LogP contribution < -0.4 is 10.2 Å². The summed E-state index contributed by atoms with van der Waals surface area (Å²) in [5.41, 5.74) is 6.43. The molecule has 1 saturated heterocycles. The lowest BCUT2D eigenvalue weighted by molar-refractivity contribution is 0.240. The van der Waals surface area contributed by atoms with E-state index in [0.29, 0.717) is 21.7 Å². The van der Waals surface area contributed by atoms with Crippen molar-refractivity contribution in [3.05, 3.63) is 98.4 Å². The molecule has 1 fully saturated rings. The summed E-state index contributed by atoms with van der Waals surface area (Å²) in [6.45, 7) is 4.98. The summed E-state index contributed by atoms with van der Waals surface area (Å²) < 4.78 is 1.88. The van der Waals surface area contributed by atoms with E-state index in [0.717, 1.165) is 66.9 Å². The van der Waals surface area contributed by atoms with Crippen molar-refractivity contribution in [1.29, 1.82) is 0 Å². The van der Waals surface area contributed by atoms with Crippen molar-refractivity contribution in [2.75, 3.05) is 31.1 Å². The Bertz CT molecular complexity index is 1590. The molecule has 0 radical (unpaired) electrons. The molecule has 40 heavy (non-hydrogen) atoms. The van der Waals surface area contributed by atoms with Gasteiger partial charge in [0.25, 0.3) is 0 Å². The van der Waals surface area contributed by atoms with E-state index in [1.807, 2.05) is 28.8 Å². The van der Waals surface area contributed by atoms with Gasteiger partial charge in [0.2, 0.25) is 0 Å². The van der Waals surface area contributed by atoms with Crippen LogP contribution in [0.15, 0.2) is 60.8 Å². The van der Waals surface area contributed by atoms with Gasteiger partial charge in [0.1, 0.15) is 5.15 Å². The molecule has 1 amide bonds. The van der Waals surface area contributed by atoms with Crippen LogP contribution in [0.3, 0.4) is 0 Å². The predicted octanol–water partition coefficient (Wildman–Crippen LogP) is 7.43. The summed E-state index contributed by atoms with van der Waals surface area (Å²) in [4.78, 5) is 22.5. The van der Waals surface area contributed by atoms with Crippen molar-refractivity contribution in [2.24, 2.45) is 0 Å². The van der Waals surface area contributed by atoms with E-state index >= 15 is 0 Å². The van der Waals surface area contributed by atoms with Gasteiger partial charge in [0.05, 0.1) is 15.6 Å². The molecule has 4 aromatic rings. The Kier molecular flexibility index (Phi) is 8.03.